The molecule has 2 heterocycles. The van der Waals surface area contributed by atoms with Crippen molar-refractivity contribution in [1.82, 2.24) is 20.4 Å². The normalized spacial score (nSPS) is 22.0. The van der Waals surface area contributed by atoms with E-state index in [1.807, 2.05) is 7.05 Å². The number of halogens is 1. The molecule has 0 radical (unpaired) electrons. The predicted octanol–water partition coefficient (Wildman–Crippen LogP) is 2.96. The summed E-state index contributed by atoms with van der Waals surface area (Å²) in [5, 5.41) is 7.13. The minimum Gasteiger partial charge on any atom is -0.497 e. The zero-order valence-electron chi connectivity index (χ0n) is 18.2. The second-order valence-corrected chi connectivity index (χ2v) is 8.14. The van der Waals surface area contributed by atoms with Crippen molar-refractivity contribution < 1.29 is 4.74 Å². The Morgan fingerprint density at radius 2 is 1.86 bits per heavy atom. The number of nitrogens with one attached hydrogen (secondary N) is 2. The highest BCUT2D eigenvalue weighted by atomic mass is 127. The maximum atomic E-state index is 5.33. The van der Waals surface area contributed by atoms with Gasteiger partial charge in [0.05, 0.1) is 13.2 Å². The van der Waals surface area contributed by atoms with Gasteiger partial charge in [-0.15, -0.1) is 24.0 Å². The Balaban J connectivity index is 0.00000300. The molecule has 0 bridgehead atoms. The number of hydrogen-bond donors (Lipinski definition) is 2. The van der Waals surface area contributed by atoms with E-state index in [1.54, 1.807) is 7.11 Å². The molecule has 7 heteroatoms. The molecule has 2 aliphatic rings. The number of aliphatic imine (C=N–C) groups is 1. The minimum absolute atomic E-state index is 0. The zero-order chi connectivity index (χ0) is 19.8. The Bertz CT molecular complexity index is 618. The van der Waals surface area contributed by atoms with Gasteiger partial charge in [-0.05, 0) is 76.0 Å². The van der Waals surface area contributed by atoms with Gasteiger partial charge in [-0.25, -0.2) is 0 Å². The molecule has 29 heavy (non-hydrogen) atoms. The van der Waals surface area contributed by atoms with Crippen molar-refractivity contribution in [3.8, 4) is 5.75 Å². The van der Waals surface area contributed by atoms with Crippen molar-refractivity contribution in [3.05, 3.63) is 29.8 Å². The summed E-state index contributed by atoms with van der Waals surface area (Å²) in [6.07, 6.45) is 5.17. The third-order valence-electron chi connectivity index (χ3n) is 6.05. The lowest BCUT2D eigenvalue weighted by atomic mass is 9.98. The molecule has 2 fully saturated rings. The van der Waals surface area contributed by atoms with Gasteiger partial charge in [0.2, 0.25) is 0 Å². The Kier molecular flexibility index (Phi) is 10.5. The van der Waals surface area contributed by atoms with Gasteiger partial charge in [-0.3, -0.25) is 9.89 Å². The fourth-order valence-electron chi connectivity index (χ4n) is 4.43. The first kappa shape index (κ1) is 24.2. The fourth-order valence-corrected chi connectivity index (χ4v) is 4.43. The number of hydrogen-bond acceptors (Lipinski definition) is 4. The highest BCUT2D eigenvalue weighted by Gasteiger charge is 2.24. The largest absolute Gasteiger partial charge is 0.497 e. The molecule has 2 unspecified atom stereocenters. The third kappa shape index (κ3) is 7.29. The van der Waals surface area contributed by atoms with E-state index in [-0.39, 0.29) is 24.0 Å². The number of rotatable bonds is 7. The molecule has 3 rings (SSSR count). The molecular formula is C22H38IN5O. The number of methoxy groups -OCH3 is 1. The monoisotopic (exact) mass is 515 g/mol. The van der Waals surface area contributed by atoms with E-state index in [0.717, 1.165) is 24.8 Å². The number of likely N-dealkylation sites (tertiary alicyclic amines) is 2. The predicted molar refractivity (Wildman–Crippen MR) is 132 cm³/mol. The summed E-state index contributed by atoms with van der Waals surface area (Å²) in [6.45, 7) is 6.57. The summed E-state index contributed by atoms with van der Waals surface area (Å²) in [5.74, 6) is 2.52. The molecule has 0 saturated carbocycles. The van der Waals surface area contributed by atoms with Crippen molar-refractivity contribution in [2.24, 2.45) is 10.9 Å². The Hall–Kier alpha value is -1.06. The second kappa shape index (κ2) is 12.6. The summed E-state index contributed by atoms with van der Waals surface area (Å²) in [6, 6.07) is 8.86. The van der Waals surface area contributed by atoms with Crippen molar-refractivity contribution in [2.45, 2.75) is 31.7 Å². The molecule has 0 amide bonds. The van der Waals surface area contributed by atoms with Crippen molar-refractivity contribution >= 4 is 29.9 Å². The summed E-state index contributed by atoms with van der Waals surface area (Å²) < 4.78 is 5.33. The van der Waals surface area contributed by atoms with Gasteiger partial charge in [-0.2, -0.15) is 0 Å². The number of piperidine rings is 1. The Morgan fingerprint density at radius 1 is 1.14 bits per heavy atom. The topological polar surface area (TPSA) is 52.1 Å². The average Bonchev–Trinajstić information content (AvgIpc) is 3.25. The van der Waals surface area contributed by atoms with Crippen LogP contribution in [0.5, 0.6) is 5.75 Å². The molecule has 0 spiro atoms. The quantitative estimate of drug-likeness (QED) is 0.333. The molecule has 2 atom stereocenters. The number of ether oxygens (including phenoxy) is 1. The lowest BCUT2D eigenvalue weighted by Crippen LogP contribution is -2.46. The van der Waals surface area contributed by atoms with E-state index >= 15 is 0 Å². The summed E-state index contributed by atoms with van der Waals surface area (Å²) in [5.41, 5.74) is 1.33. The maximum absolute atomic E-state index is 5.33. The van der Waals surface area contributed by atoms with Crippen LogP contribution in [0.2, 0.25) is 0 Å². The SMILES string of the molecule is CN=C(NCC1CCCN(C)C1)NCC(c1ccc(OC)cc1)N1CCCC1.I. The molecule has 2 N–H and O–H groups in total. The summed E-state index contributed by atoms with van der Waals surface area (Å²) in [7, 11) is 5.80. The zero-order valence-corrected chi connectivity index (χ0v) is 20.5. The van der Waals surface area contributed by atoms with Crippen molar-refractivity contribution in [2.75, 3.05) is 60.5 Å². The standard InChI is InChI=1S/C22H37N5O.HI/c1-23-22(24-15-18-7-6-12-26(2)17-18)25-16-21(27-13-4-5-14-27)19-8-10-20(28-3)11-9-19;/h8-11,18,21H,4-7,12-17H2,1-3H3,(H2,23,24,25);1H. The molecular weight excluding hydrogens is 477 g/mol. The smallest absolute Gasteiger partial charge is 0.191 e. The van der Waals surface area contributed by atoms with E-state index in [0.29, 0.717) is 12.0 Å². The van der Waals surface area contributed by atoms with E-state index < -0.39 is 0 Å². The number of nitrogens with zero attached hydrogens (tertiary/aromatic N) is 3. The highest BCUT2D eigenvalue weighted by molar-refractivity contribution is 14.0. The van der Waals surface area contributed by atoms with Crippen LogP contribution < -0.4 is 15.4 Å². The maximum Gasteiger partial charge on any atom is 0.191 e. The van der Waals surface area contributed by atoms with Crippen LogP contribution in [0.1, 0.15) is 37.3 Å². The van der Waals surface area contributed by atoms with Gasteiger partial charge < -0.3 is 20.3 Å². The van der Waals surface area contributed by atoms with Crippen LogP contribution >= 0.6 is 24.0 Å². The van der Waals surface area contributed by atoms with Crippen LogP contribution in [-0.4, -0.2) is 76.2 Å². The second-order valence-electron chi connectivity index (χ2n) is 8.14. The molecule has 6 nitrogen and oxygen atoms in total. The molecule has 164 valence electrons. The van der Waals surface area contributed by atoms with Crippen LogP contribution in [0.15, 0.2) is 29.3 Å². The third-order valence-corrected chi connectivity index (χ3v) is 6.05. The van der Waals surface area contributed by atoms with Crippen LogP contribution in [0.25, 0.3) is 0 Å². The van der Waals surface area contributed by atoms with E-state index in [2.05, 4.69) is 56.7 Å². The lowest BCUT2D eigenvalue weighted by molar-refractivity contribution is 0.210. The molecule has 2 aliphatic heterocycles. The average molecular weight is 515 g/mol. The van der Waals surface area contributed by atoms with Crippen molar-refractivity contribution in [1.29, 1.82) is 0 Å². The number of benzene rings is 1. The highest BCUT2D eigenvalue weighted by Crippen LogP contribution is 2.26. The molecule has 2 saturated heterocycles. The lowest BCUT2D eigenvalue weighted by Gasteiger charge is -2.31. The van der Waals surface area contributed by atoms with Crippen LogP contribution in [0.3, 0.4) is 0 Å². The molecule has 1 aromatic carbocycles. The summed E-state index contributed by atoms with van der Waals surface area (Å²) >= 11 is 0. The first-order valence-corrected chi connectivity index (χ1v) is 10.7. The van der Waals surface area contributed by atoms with Gasteiger partial charge in [0.1, 0.15) is 5.75 Å². The molecule has 0 aliphatic carbocycles. The van der Waals surface area contributed by atoms with Gasteiger partial charge in [0.15, 0.2) is 5.96 Å². The fraction of sp³-hybridized carbons (Fsp3) is 0.682. The Labute approximate surface area is 193 Å². The molecule has 1 aromatic rings. The van der Waals surface area contributed by atoms with Crippen molar-refractivity contribution in [3.63, 3.8) is 0 Å². The van der Waals surface area contributed by atoms with Crippen LogP contribution in [0, 0.1) is 5.92 Å². The van der Waals surface area contributed by atoms with Gasteiger partial charge >= 0.3 is 0 Å². The van der Waals surface area contributed by atoms with E-state index in [4.69, 9.17) is 4.74 Å². The first-order valence-electron chi connectivity index (χ1n) is 10.7. The van der Waals surface area contributed by atoms with E-state index in [9.17, 15) is 0 Å². The summed E-state index contributed by atoms with van der Waals surface area (Å²) in [4.78, 5) is 9.46. The van der Waals surface area contributed by atoms with Crippen LogP contribution in [0.4, 0.5) is 0 Å². The minimum atomic E-state index is 0. The van der Waals surface area contributed by atoms with Gasteiger partial charge in [-0.1, -0.05) is 12.1 Å². The molecule has 0 aromatic heterocycles. The Morgan fingerprint density at radius 3 is 2.48 bits per heavy atom. The van der Waals surface area contributed by atoms with Gasteiger partial charge in [0.25, 0.3) is 0 Å². The van der Waals surface area contributed by atoms with Gasteiger partial charge in [0, 0.05) is 26.7 Å². The number of guanidine groups is 1. The first-order chi connectivity index (χ1) is 13.7. The van der Waals surface area contributed by atoms with Crippen LogP contribution in [-0.2, 0) is 0 Å². The van der Waals surface area contributed by atoms with E-state index in [1.165, 1.54) is 57.4 Å².